The van der Waals surface area contributed by atoms with Crippen LogP contribution in [0.1, 0.15) is 220 Å². The molecule has 0 bridgehead atoms. The van der Waals surface area contributed by atoms with E-state index in [0.717, 1.165) is 96.3 Å². The lowest BCUT2D eigenvalue weighted by atomic mass is 10.1. The van der Waals surface area contributed by atoms with Crippen molar-refractivity contribution >= 4 is 17.9 Å². The summed E-state index contributed by atoms with van der Waals surface area (Å²) < 4.78 is 16.7. The molecular formula is C58H94O6. The second-order valence-electron chi connectivity index (χ2n) is 16.9. The molecule has 0 spiro atoms. The van der Waals surface area contributed by atoms with Crippen molar-refractivity contribution in [2.24, 2.45) is 0 Å². The number of ether oxygens (including phenoxy) is 3. The summed E-state index contributed by atoms with van der Waals surface area (Å²) in [5.41, 5.74) is 0. The average Bonchev–Trinajstić information content (AvgIpc) is 3.29. The SMILES string of the molecule is CC\C=C/C=C\C=C/C=C\C=C\C=C/C=C\CCCCCC(=O)OCC(COC(=O)CCCCCCC/C=C\CCCC)OC(=O)CCCCCCC/C=C\CCCCCCCCC. The average molecular weight is 887 g/mol. The van der Waals surface area contributed by atoms with Crippen LogP contribution in [0.25, 0.3) is 0 Å². The molecule has 64 heavy (non-hydrogen) atoms. The Morgan fingerprint density at radius 2 is 0.641 bits per heavy atom. The molecule has 0 aliphatic rings. The minimum atomic E-state index is -0.806. The van der Waals surface area contributed by atoms with Gasteiger partial charge in [-0.2, -0.15) is 0 Å². The molecule has 6 nitrogen and oxygen atoms in total. The smallest absolute Gasteiger partial charge is 0.306 e. The molecule has 1 unspecified atom stereocenters. The topological polar surface area (TPSA) is 78.9 Å². The Labute approximate surface area is 393 Å². The molecule has 0 saturated carbocycles. The standard InChI is InChI=1S/C58H94O6/c1-4-7-10-13-16-19-22-24-26-28-29-30-32-33-36-39-42-45-48-51-57(60)63-54-55(53-62-56(59)50-47-44-41-38-35-21-18-15-12-9-6-3)64-58(61)52-49-46-43-40-37-34-31-27-25-23-20-17-14-11-8-5-2/h7,10,13,15-16,18-19,22,24,26-33,36,55H,4-6,8-9,11-12,14,17,20-21,23,25,34-35,37-54H2,1-3H3/b10-7-,16-13-,18-15-,22-19-,26-24-,29-28+,31-27-,32-30-,36-33-. The molecule has 1 atom stereocenters. The van der Waals surface area contributed by atoms with E-state index in [1.165, 1.54) is 83.5 Å². The van der Waals surface area contributed by atoms with Crippen LogP contribution in [0.3, 0.4) is 0 Å². The Bertz CT molecular complexity index is 1340. The third kappa shape index (κ3) is 49.1. The van der Waals surface area contributed by atoms with E-state index in [1.807, 2.05) is 72.9 Å². The first-order valence-corrected chi connectivity index (χ1v) is 26.0. The number of carbonyl (C=O) groups excluding carboxylic acids is 3. The highest BCUT2D eigenvalue weighted by molar-refractivity contribution is 5.71. The van der Waals surface area contributed by atoms with Gasteiger partial charge in [-0.3, -0.25) is 14.4 Å². The predicted molar refractivity (Wildman–Crippen MR) is 274 cm³/mol. The first-order chi connectivity index (χ1) is 31.5. The third-order valence-corrected chi connectivity index (χ3v) is 10.7. The molecule has 362 valence electrons. The summed E-state index contributed by atoms with van der Waals surface area (Å²) in [7, 11) is 0. The molecule has 0 N–H and O–H groups in total. The van der Waals surface area contributed by atoms with Crippen molar-refractivity contribution in [1.82, 2.24) is 0 Å². The summed E-state index contributed by atoms with van der Waals surface area (Å²) in [6.07, 6.45) is 69.2. The highest BCUT2D eigenvalue weighted by atomic mass is 16.6. The molecule has 6 heteroatoms. The zero-order valence-electron chi connectivity index (χ0n) is 41.3. The largest absolute Gasteiger partial charge is 0.462 e. The zero-order valence-corrected chi connectivity index (χ0v) is 41.3. The van der Waals surface area contributed by atoms with Crippen LogP contribution in [0.4, 0.5) is 0 Å². The molecule has 0 saturated heterocycles. The fraction of sp³-hybridized carbons (Fsp3) is 0.638. The number of allylic oxidation sites excluding steroid dienone is 18. The summed E-state index contributed by atoms with van der Waals surface area (Å²) in [6.45, 7) is 6.38. The second-order valence-corrected chi connectivity index (χ2v) is 16.9. The molecule has 0 rings (SSSR count). The van der Waals surface area contributed by atoms with Gasteiger partial charge in [0.1, 0.15) is 13.2 Å². The van der Waals surface area contributed by atoms with Crippen molar-refractivity contribution in [3.8, 4) is 0 Å². The van der Waals surface area contributed by atoms with Gasteiger partial charge in [0.15, 0.2) is 6.10 Å². The van der Waals surface area contributed by atoms with Crippen LogP contribution >= 0.6 is 0 Å². The van der Waals surface area contributed by atoms with E-state index in [2.05, 4.69) is 57.2 Å². The van der Waals surface area contributed by atoms with Gasteiger partial charge < -0.3 is 14.2 Å². The first kappa shape index (κ1) is 60.1. The molecule has 0 aromatic rings. The van der Waals surface area contributed by atoms with Gasteiger partial charge in [-0.25, -0.2) is 0 Å². The highest BCUT2D eigenvalue weighted by Gasteiger charge is 2.19. The molecule has 0 aliphatic heterocycles. The number of carbonyl (C=O) groups is 3. The van der Waals surface area contributed by atoms with Crippen LogP contribution in [0.15, 0.2) is 109 Å². The van der Waals surface area contributed by atoms with Gasteiger partial charge in [0, 0.05) is 19.3 Å². The summed E-state index contributed by atoms with van der Waals surface area (Å²) >= 11 is 0. The van der Waals surface area contributed by atoms with Crippen molar-refractivity contribution in [2.75, 3.05) is 13.2 Å². The van der Waals surface area contributed by atoms with Crippen LogP contribution in [0, 0.1) is 0 Å². The maximum absolute atomic E-state index is 12.8. The Morgan fingerprint density at radius 1 is 0.328 bits per heavy atom. The predicted octanol–water partition coefficient (Wildman–Crippen LogP) is 17.1. The minimum Gasteiger partial charge on any atom is -0.462 e. The van der Waals surface area contributed by atoms with E-state index in [0.29, 0.717) is 19.3 Å². The normalized spacial score (nSPS) is 13.0. The van der Waals surface area contributed by atoms with Crippen molar-refractivity contribution in [3.05, 3.63) is 109 Å². The Morgan fingerprint density at radius 3 is 1.06 bits per heavy atom. The quantitative estimate of drug-likeness (QED) is 0.0199. The van der Waals surface area contributed by atoms with E-state index in [9.17, 15) is 14.4 Å². The van der Waals surface area contributed by atoms with Crippen LogP contribution in [-0.4, -0.2) is 37.2 Å². The molecule has 0 radical (unpaired) electrons. The van der Waals surface area contributed by atoms with Crippen LogP contribution in [-0.2, 0) is 28.6 Å². The fourth-order valence-corrected chi connectivity index (χ4v) is 6.75. The van der Waals surface area contributed by atoms with E-state index < -0.39 is 6.10 Å². The number of esters is 3. The summed E-state index contributed by atoms with van der Waals surface area (Å²) in [6, 6.07) is 0. The molecular weight excluding hydrogens is 793 g/mol. The van der Waals surface area contributed by atoms with Gasteiger partial charge in [0.25, 0.3) is 0 Å². The maximum atomic E-state index is 12.8. The van der Waals surface area contributed by atoms with E-state index in [1.54, 1.807) is 0 Å². The van der Waals surface area contributed by atoms with Gasteiger partial charge in [-0.1, -0.05) is 226 Å². The molecule has 0 amide bonds. The fourth-order valence-electron chi connectivity index (χ4n) is 6.75. The van der Waals surface area contributed by atoms with Gasteiger partial charge in [-0.15, -0.1) is 0 Å². The number of rotatable bonds is 45. The summed E-state index contributed by atoms with van der Waals surface area (Å²) in [4.78, 5) is 38.0. The zero-order chi connectivity index (χ0) is 46.5. The number of hydrogen-bond donors (Lipinski definition) is 0. The highest BCUT2D eigenvalue weighted by Crippen LogP contribution is 2.13. The Balaban J connectivity index is 4.51. The number of hydrogen-bond acceptors (Lipinski definition) is 6. The maximum Gasteiger partial charge on any atom is 0.306 e. The lowest BCUT2D eigenvalue weighted by molar-refractivity contribution is -0.167. The van der Waals surface area contributed by atoms with Crippen molar-refractivity contribution in [3.63, 3.8) is 0 Å². The number of unbranched alkanes of at least 4 members (excludes halogenated alkanes) is 22. The summed E-state index contributed by atoms with van der Waals surface area (Å²) in [5, 5.41) is 0. The first-order valence-electron chi connectivity index (χ1n) is 26.0. The lowest BCUT2D eigenvalue weighted by Gasteiger charge is -2.18. The van der Waals surface area contributed by atoms with Crippen LogP contribution < -0.4 is 0 Å². The summed E-state index contributed by atoms with van der Waals surface area (Å²) in [5.74, 6) is -0.972. The van der Waals surface area contributed by atoms with Crippen molar-refractivity contribution in [2.45, 2.75) is 226 Å². The van der Waals surface area contributed by atoms with E-state index >= 15 is 0 Å². The third-order valence-electron chi connectivity index (χ3n) is 10.7. The van der Waals surface area contributed by atoms with Crippen molar-refractivity contribution < 1.29 is 28.6 Å². The lowest BCUT2D eigenvalue weighted by Crippen LogP contribution is -2.30. The Kier molecular flexibility index (Phi) is 48.5. The molecule has 0 aromatic carbocycles. The molecule has 0 fully saturated rings. The van der Waals surface area contributed by atoms with Gasteiger partial charge in [0.05, 0.1) is 0 Å². The molecule has 0 heterocycles. The molecule has 0 aliphatic carbocycles. The Hall–Kier alpha value is -3.93. The van der Waals surface area contributed by atoms with Crippen molar-refractivity contribution in [1.29, 1.82) is 0 Å². The van der Waals surface area contributed by atoms with Gasteiger partial charge in [0.2, 0.25) is 0 Å². The van der Waals surface area contributed by atoms with Gasteiger partial charge >= 0.3 is 17.9 Å². The van der Waals surface area contributed by atoms with Gasteiger partial charge in [-0.05, 0) is 83.5 Å². The minimum absolute atomic E-state index is 0.103. The van der Waals surface area contributed by atoms with E-state index in [4.69, 9.17) is 14.2 Å². The van der Waals surface area contributed by atoms with Crippen LogP contribution in [0.5, 0.6) is 0 Å². The van der Waals surface area contributed by atoms with E-state index in [-0.39, 0.29) is 31.1 Å². The monoisotopic (exact) mass is 887 g/mol. The molecule has 0 aromatic heterocycles. The van der Waals surface area contributed by atoms with Crippen LogP contribution in [0.2, 0.25) is 0 Å². The second kappa shape index (κ2) is 51.7.